The normalized spacial score (nSPS) is 10.5. The number of carbonyl (C=O) groups is 1. The number of rotatable bonds is 4. The Morgan fingerprint density at radius 1 is 1.15 bits per heavy atom. The van der Waals surface area contributed by atoms with Crippen molar-refractivity contribution in [2.24, 2.45) is 7.05 Å². The number of methoxy groups -OCH3 is 1. The van der Waals surface area contributed by atoms with Crippen molar-refractivity contribution >= 4 is 44.9 Å². The number of aryl methyl sites for hydroxylation is 1. The molecule has 3 rings (SSSR count). The zero-order valence-electron chi connectivity index (χ0n) is 14.1. The summed E-state index contributed by atoms with van der Waals surface area (Å²) < 4.78 is 7.95. The fraction of sp³-hybridized carbons (Fsp3) is 0.111. The van der Waals surface area contributed by atoms with Crippen molar-refractivity contribution in [3.05, 3.63) is 58.2 Å². The van der Waals surface area contributed by atoms with E-state index in [0.717, 1.165) is 15.7 Å². The SMILES string of the molecule is COc1cc(NC(=O)Nc2ccc(Cl)cc2)cc(-c2c(Br)cnn2C)c1. The molecule has 0 aliphatic carbocycles. The van der Waals surface area contributed by atoms with Gasteiger partial charge in [0.25, 0.3) is 0 Å². The van der Waals surface area contributed by atoms with Gasteiger partial charge in [0.15, 0.2) is 0 Å². The highest BCUT2D eigenvalue weighted by Gasteiger charge is 2.13. The van der Waals surface area contributed by atoms with Crippen LogP contribution in [0.2, 0.25) is 5.02 Å². The maximum absolute atomic E-state index is 12.3. The second-order valence-electron chi connectivity index (χ2n) is 5.50. The molecular weight excluding hydrogens is 420 g/mol. The molecule has 2 amide bonds. The zero-order valence-corrected chi connectivity index (χ0v) is 16.4. The van der Waals surface area contributed by atoms with E-state index in [-0.39, 0.29) is 6.03 Å². The largest absolute Gasteiger partial charge is 0.497 e. The average Bonchev–Trinajstić information content (AvgIpc) is 2.95. The number of aromatic nitrogens is 2. The van der Waals surface area contributed by atoms with Gasteiger partial charge >= 0.3 is 6.03 Å². The standard InChI is InChI=1S/C18H16BrClN4O2/c1-24-17(16(19)10-21-24)11-7-14(9-15(8-11)26-2)23-18(25)22-13-5-3-12(20)4-6-13/h3-10H,1-2H3,(H2,22,23,25). The number of anilines is 2. The quantitative estimate of drug-likeness (QED) is 0.595. The molecule has 0 fully saturated rings. The van der Waals surface area contributed by atoms with Gasteiger partial charge in [0.1, 0.15) is 5.75 Å². The molecule has 0 aliphatic rings. The van der Waals surface area contributed by atoms with Crippen LogP contribution in [0.3, 0.4) is 0 Å². The van der Waals surface area contributed by atoms with E-state index in [1.807, 2.05) is 19.2 Å². The van der Waals surface area contributed by atoms with E-state index in [2.05, 4.69) is 31.7 Å². The third kappa shape index (κ3) is 4.17. The van der Waals surface area contributed by atoms with Crippen LogP contribution < -0.4 is 15.4 Å². The third-order valence-corrected chi connectivity index (χ3v) is 4.50. The minimum Gasteiger partial charge on any atom is -0.497 e. The molecule has 26 heavy (non-hydrogen) atoms. The van der Waals surface area contributed by atoms with Crippen molar-refractivity contribution in [3.63, 3.8) is 0 Å². The van der Waals surface area contributed by atoms with Crippen molar-refractivity contribution < 1.29 is 9.53 Å². The van der Waals surface area contributed by atoms with Crippen LogP contribution in [0.4, 0.5) is 16.2 Å². The summed E-state index contributed by atoms with van der Waals surface area (Å²) in [5.74, 6) is 0.623. The number of hydrogen-bond acceptors (Lipinski definition) is 3. The van der Waals surface area contributed by atoms with Crippen molar-refractivity contribution in [2.45, 2.75) is 0 Å². The van der Waals surface area contributed by atoms with E-state index in [4.69, 9.17) is 16.3 Å². The molecular formula is C18H16BrClN4O2. The van der Waals surface area contributed by atoms with E-state index >= 15 is 0 Å². The lowest BCUT2D eigenvalue weighted by Gasteiger charge is -2.12. The molecule has 1 heterocycles. The Balaban J connectivity index is 1.84. The topological polar surface area (TPSA) is 68.2 Å². The van der Waals surface area contributed by atoms with Gasteiger partial charge in [-0.25, -0.2) is 4.79 Å². The summed E-state index contributed by atoms with van der Waals surface area (Å²) in [6, 6.07) is 12.0. The number of halogens is 2. The van der Waals surface area contributed by atoms with Gasteiger partial charge < -0.3 is 15.4 Å². The number of ether oxygens (including phenoxy) is 1. The smallest absolute Gasteiger partial charge is 0.323 e. The van der Waals surface area contributed by atoms with Crippen LogP contribution in [0.15, 0.2) is 53.1 Å². The van der Waals surface area contributed by atoms with Gasteiger partial charge in [-0.2, -0.15) is 5.10 Å². The third-order valence-electron chi connectivity index (χ3n) is 3.67. The second kappa shape index (κ2) is 7.80. The summed E-state index contributed by atoms with van der Waals surface area (Å²) in [6.07, 6.45) is 1.72. The monoisotopic (exact) mass is 434 g/mol. The number of amides is 2. The van der Waals surface area contributed by atoms with Gasteiger partial charge in [-0.3, -0.25) is 4.68 Å². The maximum atomic E-state index is 12.3. The maximum Gasteiger partial charge on any atom is 0.323 e. The van der Waals surface area contributed by atoms with Crippen LogP contribution in [0.1, 0.15) is 0 Å². The average molecular weight is 436 g/mol. The minimum absolute atomic E-state index is 0.365. The van der Waals surface area contributed by atoms with Gasteiger partial charge in [0.05, 0.1) is 23.5 Å². The molecule has 0 bridgehead atoms. The second-order valence-corrected chi connectivity index (χ2v) is 6.79. The molecule has 8 heteroatoms. The summed E-state index contributed by atoms with van der Waals surface area (Å²) in [5.41, 5.74) is 2.98. The van der Waals surface area contributed by atoms with E-state index in [9.17, 15) is 4.79 Å². The predicted octanol–water partition coefficient (Wildman–Crippen LogP) is 5.16. The van der Waals surface area contributed by atoms with E-state index in [1.54, 1.807) is 48.3 Å². The predicted molar refractivity (Wildman–Crippen MR) is 107 cm³/mol. The van der Waals surface area contributed by atoms with Crippen molar-refractivity contribution in [1.82, 2.24) is 9.78 Å². The molecule has 134 valence electrons. The van der Waals surface area contributed by atoms with Crippen LogP contribution in [0, 0.1) is 0 Å². The Bertz CT molecular complexity index is 921. The molecule has 0 saturated heterocycles. The Hall–Kier alpha value is -2.51. The fourth-order valence-electron chi connectivity index (χ4n) is 2.49. The Morgan fingerprint density at radius 3 is 2.46 bits per heavy atom. The number of nitrogens with one attached hydrogen (secondary N) is 2. The summed E-state index contributed by atoms with van der Waals surface area (Å²) in [4.78, 5) is 12.3. The molecule has 2 aromatic carbocycles. The molecule has 0 radical (unpaired) electrons. The lowest BCUT2D eigenvalue weighted by molar-refractivity contribution is 0.262. The Morgan fingerprint density at radius 2 is 1.85 bits per heavy atom. The van der Waals surface area contributed by atoms with Gasteiger partial charge in [-0.1, -0.05) is 11.6 Å². The summed E-state index contributed by atoms with van der Waals surface area (Å²) in [5, 5.41) is 10.4. The van der Waals surface area contributed by atoms with Crippen molar-refractivity contribution in [3.8, 4) is 17.0 Å². The Labute approximate surface area is 164 Å². The highest BCUT2D eigenvalue weighted by Crippen LogP contribution is 2.32. The van der Waals surface area contributed by atoms with Crippen molar-refractivity contribution in [2.75, 3.05) is 17.7 Å². The molecule has 6 nitrogen and oxygen atoms in total. The molecule has 0 unspecified atom stereocenters. The molecule has 3 aromatic rings. The highest BCUT2D eigenvalue weighted by molar-refractivity contribution is 9.10. The van der Waals surface area contributed by atoms with Crippen LogP contribution >= 0.6 is 27.5 Å². The van der Waals surface area contributed by atoms with Crippen LogP contribution in [-0.4, -0.2) is 22.9 Å². The van der Waals surface area contributed by atoms with Gasteiger partial charge in [0.2, 0.25) is 0 Å². The molecule has 2 N–H and O–H groups in total. The van der Waals surface area contributed by atoms with Crippen LogP contribution in [0.5, 0.6) is 5.75 Å². The van der Waals surface area contributed by atoms with E-state index < -0.39 is 0 Å². The lowest BCUT2D eigenvalue weighted by atomic mass is 10.1. The minimum atomic E-state index is -0.365. The number of hydrogen-bond donors (Lipinski definition) is 2. The van der Waals surface area contributed by atoms with Crippen LogP contribution in [0.25, 0.3) is 11.3 Å². The number of nitrogens with zero attached hydrogens (tertiary/aromatic N) is 2. The fourth-order valence-corrected chi connectivity index (χ4v) is 3.19. The van der Waals surface area contributed by atoms with Gasteiger partial charge in [-0.15, -0.1) is 0 Å². The first-order valence-electron chi connectivity index (χ1n) is 7.67. The first kappa shape index (κ1) is 18.3. The lowest BCUT2D eigenvalue weighted by Crippen LogP contribution is -2.19. The van der Waals surface area contributed by atoms with E-state index in [1.165, 1.54) is 0 Å². The molecule has 0 atom stereocenters. The first-order chi connectivity index (χ1) is 12.5. The number of carbonyl (C=O) groups excluding carboxylic acids is 1. The summed E-state index contributed by atoms with van der Waals surface area (Å²) >= 11 is 9.34. The van der Waals surface area contributed by atoms with Crippen LogP contribution in [-0.2, 0) is 7.05 Å². The van der Waals surface area contributed by atoms with Gasteiger partial charge in [-0.05, 0) is 52.3 Å². The summed E-state index contributed by atoms with van der Waals surface area (Å²) in [6.45, 7) is 0. The first-order valence-corrected chi connectivity index (χ1v) is 8.84. The number of benzene rings is 2. The molecule has 0 spiro atoms. The van der Waals surface area contributed by atoms with E-state index in [0.29, 0.717) is 22.1 Å². The Kier molecular flexibility index (Phi) is 5.49. The molecule has 0 aliphatic heterocycles. The number of urea groups is 1. The van der Waals surface area contributed by atoms with Crippen molar-refractivity contribution in [1.29, 1.82) is 0 Å². The zero-order chi connectivity index (χ0) is 18.7. The molecule has 0 saturated carbocycles. The molecule has 1 aromatic heterocycles. The summed E-state index contributed by atoms with van der Waals surface area (Å²) in [7, 11) is 3.43. The van der Waals surface area contributed by atoms with Gasteiger partial charge in [0, 0.05) is 35.1 Å². The highest BCUT2D eigenvalue weighted by atomic mass is 79.9.